The Morgan fingerprint density at radius 2 is 1.82 bits per heavy atom. The van der Waals surface area contributed by atoms with Gasteiger partial charge < -0.3 is 14.5 Å². The van der Waals surface area contributed by atoms with Crippen molar-refractivity contribution in [2.45, 2.75) is 65.5 Å². The second-order valence-electron chi connectivity index (χ2n) is 10.4. The maximum atomic E-state index is 14.2. The van der Waals surface area contributed by atoms with Gasteiger partial charge in [0.2, 0.25) is 5.91 Å². The summed E-state index contributed by atoms with van der Waals surface area (Å²) in [6.45, 7) is 9.81. The van der Waals surface area contributed by atoms with E-state index in [2.05, 4.69) is 0 Å². The van der Waals surface area contributed by atoms with E-state index < -0.39 is 17.6 Å². The number of carbonyl (C=O) groups is 2. The van der Waals surface area contributed by atoms with Crippen LogP contribution in [0.5, 0.6) is 5.75 Å². The van der Waals surface area contributed by atoms with Gasteiger partial charge in [0, 0.05) is 25.0 Å². The maximum Gasteiger partial charge on any atom is 0.263 e. The van der Waals surface area contributed by atoms with Crippen molar-refractivity contribution in [2.75, 3.05) is 19.6 Å². The lowest BCUT2D eigenvalue weighted by Crippen LogP contribution is -2.45. The molecule has 6 heteroatoms. The first-order valence-electron chi connectivity index (χ1n) is 12.3. The lowest BCUT2D eigenvalue weighted by atomic mass is 9.85. The Bertz CT molecular complexity index is 1060. The standard InChI is InChI=1S/C28H35FN2O3/c1-5-24(26(32)30-14-6-7-15-30)34-22-12-11-19-13-16-31(27(33)28(2,3)4)25(23(19)18-22)20-9-8-10-21(29)17-20/h8-12,17-18,24-25H,5-7,13-16H2,1-4H3/t24-,25+/m1/s1. The van der Waals surface area contributed by atoms with E-state index in [0.717, 1.165) is 42.6 Å². The van der Waals surface area contributed by atoms with Crippen molar-refractivity contribution in [3.63, 3.8) is 0 Å². The van der Waals surface area contributed by atoms with Gasteiger partial charge in [0.25, 0.3) is 5.91 Å². The third-order valence-electron chi connectivity index (χ3n) is 6.75. The predicted molar refractivity (Wildman–Crippen MR) is 130 cm³/mol. The first-order valence-corrected chi connectivity index (χ1v) is 12.3. The van der Waals surface area contributed by atoms with Gasteiger partial charge in [0.05, 0.1) is 6.04 Å². The van der Waals surface area contributed by atoms with E-state index >= 15 is 0 Å². The summed E-state index contributed by atoms with van der Waals surface area (Å²) in [4.78, 5) is 30.1. The molecule has 2 aliphatic rings. The minimum absolute atomic E-state index is 0.0226. The van der Waals surface area contributed by atoms with Crippen LogP contribution in [0.15, 0.2) is 42.5 Å². The number of fused-ring (bicyclic) bond motifs is 1. The number of benzene rings is 2. The van der Waals surface area contributed by atoms with Crippen LogP contribution in [0.25, 0.3) is 0 Å². The van der Waals surface area contributed by atoms with Crippen molar-refractivity contribution in [1.29, 1.82) is 0 Å². The van der Waals surface area contributed by atoms with Gasteiger partial charge in [-0.05, 0) is 66.6 Å². The zero-order chi connectivity index (χ0) is 24.5. The number of likely N-dealkylation sites (tertiary alicyclic amines) is 1. The summed E-state index contributed by atoms with van der Waals surface area (Å²) >= 11 is 0. The van der Waals surface area contributed by atoms with Crippen molar-refractivity contribution in [3.05, 3.63) is 65.0 Å². The normalized spacial score (nSPS) is 19.0. The van der Waals surface area contributed by atoms with Crippen molar-refractivity contribution in [1.82, 2.24) is 9.80 Å². The summed E-state index contributed by atoms with van der Waals surface area (Å²) in [7, 11) is 0. The second-order valence-corrected chi connectivity index (χ2v) is 10.4. The highest BCUT2D eigenvalue weighted by atomic mass is 19.1. The molecule has 0 N–H and O–H groups in total. The van der Waals surface area contributed by atoms with Crippen LogP contribution in [-0.2, 0) is 16.0 Å². The molecule has 1 fully saturated rings. The van der Waals surface area contributed by atoms with E-state index in [9.17, 15) is 14.0 Å². The monoisotopic (exact) mass is 466 g/mol. The molecule has 1 saturated heterocycles. The van der Waals surface area contributed by atoms with E-state index in [1.54, 1.807) is 6.07 Å². The molecule has 182 valence electrons. The molecule has 2 aromatic carbocycles. The summed E-state index contributed by atoms with van der Waals surface area (Å²) in [5.74, 6) is 0.324. The number of nitrogens with zero attached hydrogens (tertiary/aromatic N) is 2. The lowest BCUT2D eigenvalue weighted by Gasteiger charge is -2.41. The molecule has 2 atom stereocenters. The van der Waals surface area contributed by atoms with Gasteiger partial charge in [-0.15, -0.1) is 0 Å². The van der Waals surface area contributed by atoms with Crippen LogP contribution in [0.4, 0.5) is 4.39 Å². The highest BCUT2D eigenvalue weighted by molar-refractivity contribution is 5.83. The smallest absolute Gasteiger partial charge is 0.263 e. The topological polar surface area (TPSA) is 49.9 Å². The largest absolute Gasteiger partial charge is 0.481 e. The number of carbonyl (C=O) groups excluding carboxylic acids is 2. The highest BCUT2D eigenvalue weighted by Gasteiger charge is 2.37. The number of ether oxygens (including phenoxy) is 1. The summed E-state index contributed by atoms with van der Waals surface area (Å²) < 4.78 is 20.4. The summed E-state index contributed by atoms with van der Waals surface area (Å²) in [6.07, 6.45) is 2.82. The number of hydrogen-bond acceptors (Lipinski definition) is 3. The molecule has 0 spiro atoms. The quantitative estimate of drug-likeness (QED) is 0.614. The molecule has 0 radical (unpaired) electrons. The molecule has 5 nitrogen and oxygen atoms in total. The Morgan fingerprint density at radius 1 is 1.09 bits per heavy atom. The molecule has 2 amide bonds. The molecule has 0 aliphatic carbocycles. The highest BCUT2D eigenvalue weighted by Crippen LogP contribution is 2.39. The number of halogens is 1. The average molecular weight is 467 g/mol. The summed E-state index contributed by atoms with van der Waals surface area (Å²) in [5.41, 5.74) is 2.21. The van der Waals surface area contributed by atoms with Crippen LogP contribution >= 0.6 is 0 Å². The molecule has 4 rings (SSSR count). The number of hydrogen-bond donors (Lipinski definition) is 0. The molecular formula is C28H35FN2O3. The second kappa shape index (κ2) is 9.77. The van der Waals surface area contributed by atoms with Crippen LogP contribution in [0, 0.1) is 11.2 Å². The van der Waals surface area contributed by atoms with Gasteiger partial charge >= 0.3 is 0 Å². The van der Waals surface area contributed by atoms with Crippen molar-refractivity contribution < 1.29 is 18.7 Å². The van der Waals surface area contributed by atoms with Crippen molar-refractivity contribution in [3.8, 4) is 5.75 Å². The zero-order valence-electron chi connectivity index (χ0n) is 20.6. The van der Waals surface area contributed by atoms with Gasteiger partial charge in [-0.1, -0.05) is 45.9 Å². The van der Waals surface area contributed by atoms with Crippen molar-refractivity contribution in [2.24, 2.45) is 5.41 Å². The van der Waals surface area contributed by atoms with E-state index in [1.807, 2.05) is 61.8 Å². The molecule has 2 aromatic rings. The first-order chi connectivity index (χ1) is 16.2. The Balaban J connectivity index is 1.70. The van der Waals surface area contributed by atoms with Crippen LogP contribution in [0.2, 0.25) is 0 Å². The predicted octanol–water partition coefficient (Wildman–Crippen LogP) is 5.13. The lowest BCUT2D eigenvalue weighted by molar-refractivity contribution is -0.141. The van der Waals surface area contributed by atoms with Gasteiger partial charge in [-0.25, -0.2) is 4.39 Å². The average Bonchev–Trinajstić information content (AvgIpc) is 3.35. The third kappa shape index (κ3) is 4.96. The first kappa shape index (κ1) is 24.2. The Morgan fingerprint density at radius 3 is 2.47 bits per heavy atom. The molecule has 2 heterocycles. The molecule has 0 saturated carbocycles. The van der Waals surface area contributed by atoms with Gasteiger partial charge in [0.1, 0.15) is 11.6 Å². The van der Waals surface area contributed by atoms with E-state index in [-0.39, 0.29) is 17.6 Å². The molecule has 0 unspecified atom stereocenters. The summed E-state index contributed by atoms with van der Waals surface area (Å²) in [6, 6.07) is 11.9. The Hall–Kier alpha value is -2.89. The minimum atomic E-state index is -0.563. The van der Waals surface area contributed by atoms with Crippen LogP contribution in [-0.4, -0.2) is 47.4 Å². The van der Waals surface area contributed by atoms with Crippen LogP contribution < -0.4 is 4.74 Å². The molecule has 0 aromatic heterocycles. The fourth-order valence-electron chi connectivity index (χ4n) is 4.97. The van der Waals surface area contributed by atoms with Gasteiger partial charge in [0.15, 0.2) is 6.10 Å². The van der Waals surface area contributed by atoms with Crippen molar-refractivity contribution >= 4 is 11.8 Å². The molecular weight excluding hydrogens is 431 g/mol. The minimum Gasteiger partial charge on any atom is -0.481 e. The van der Waals surface area contributed by atoms with E-state index in [4.69, 9.17) is 4.74 Å². The van der Waals surface area contributed by atoms with Crippen LogP contribution in [0.3, 0.4) is 0 Å². The Kier molecular flexibility index (Phi) is 6.96. The van der Waals surface area contributed by atoms with Crippen LogP contribution in [0.1, 0.15) is 69.7 Å². The maximum absolute atomic E-state index is 14.2. The van der Waals surface area contributed by atoms with Gasteiger partial charge in [-0.2, -0.15) is 0 Å². The fourth-order valence-corrected chi connectivity index (χ4v) is 4.97. The summed E-state index contributed by atoms with van der Waals surface area (Å²) in [5, 5.41) is 0. The van der Waals surface area contributed by atoms with E-state index in [1.165, 1.54) is 12.1 Å². The number of amides is 2. The molecule has 34 heavy (non-hydrogen) atoms. The van der Waals surface area contributed by atoms with Gasteiger partial charge in [-0.3, -0.25) is 9.59 Å². The number of rotatable bonds is 5. The zero-order valence-corrected chi connectivity index (χ0v) is 20.6. The Labute approximate surface area is 201 Å². The van der Waals surface area contributed by atoms with E-state index in [0.29, 0.717) is 25.1 Å². The molecule has 2 aliphatic heterocycles. The third-order valence-corrected chi connectivity index (χ3v) is 6.75. The SMILES string of the molecule is CC[C@@H](Oc1ccc2c(c1)[C@H](c1cccc(F)c1)N(C(=O)C(C)(C)C)CC2)C(=O)N1CCCC1. The fraction of sp³-hybridized carbons (Fsp3) is 0.500. The molecule has 0 bridgehead atoms.